The van der Waals surface area contributed by atoms with Gasteiger partial charge >= 0.3 is 0 Å². The van der Waals surface area contributed by atoms with Crippen LogP contribution in [0, 0.1) is 0 Å². The summed E-state index contributed by atoms with van der Waals surface area (Å²) in [6.07, 6.45) is 4.08. The molecule has 1 aliphatic rings. The van der Waals surface area contributed by atoms with Crippen LogP contribution >= 0.6 is 11.3 Å². The number of carbonyl (C=O) groups is 1. The average Bonchev–Trinajstić information content (AvgIpc) is 3.39. The van der Waals surface area contributed by atoms with Crippen molar-refractivity contribution < 1.29 is 27.8 Å². The molecule has 1 heterocycles. The van der Waals surface area contributed by atoms with Crippen molar-refractivity contribution in [2.75, 3.05) is 11.6 Å². The van der Waals surface area contributed by atoms with Crippen molar-refractivity contribution >= 4 is 32.2 Å². The molecular formula is C22H22N2O6S2. The van der Waals surface area contributed by atoms with Gasteiger partial charge in [0.25, 0.3) is 5.91 Å². The standard InChI is InChI=1S/C22H22N2O6S2/c1-32(27,28)18-7-5-15(6-8-18)29-16-11-14(21(26)24-22-23-9-10-31-22)12-17(13-16)30-20-4-2-3-19(20)25/h5-13,19-20,25H,2-4H2,1H3,(H,23,24,26)/t19-,20+/m1/s1. The lowest BCUT2D eigenvalue weighted by Gasteiger charge is -2.18. The number of thiazole rings is 1. The second kappa shape index (κ2) is 9.27. The van der Waals surface area contributed by atoms with Crippen molar-refractivity contribution in [3.63, 3.8) is 0 Å². The summed E-state index contributed by atoms with van der Waals surface area (Å²) in [5, 5.41) is 15.0. The van der Waals surface area contributed by atoms with Crippen LogP contribution in [0.5, 0.6) is 17.2 Å². The molecule has 2 aromatic carbocycles. The Kier molecular flexibility index (Phi) is 6.45. The maximum absolute atomic E-state index is 12.8. The topological polar surface area (TPSA) is 115 Å². The third kappa shape index (κ3) is 5.45. The molecule has 2 N–H and O–H groups in total. The van der Waals surface area contributed by atoms with E-state index in [1.165, 1.54) is 23.5 Å². The van der Waals surface area contributed by atoms with E-state index < -0.39 is 15.9 Å². The highest BCUT2D eigenvalue weighted by Crippen LogP contribution is 2.31. The first kappa shape index (κ1) is 22.3. The molecule has 1 aromatic heterocycles. The van der Waals surface area contributed by atoms with Crippen LogP contribution in [0.3, 0.4) is 0 Å². The fraction of sp³-hybridized carbons (Fsp3) is 0.273. The summed E-state index contributed by atoms with van der Waals surface area (Å²) in [4.78, 5) is 17.0. The molecule has 1 saturated carbocycles. The van der Waals surface area contributed by atoms with Gasteiger partial charge in [0.15, 0.2) is 15.0 Å². The molecule has 10 heteroatoms. The minimum absolute atomic E-state index is 0.181. The first-order valence-electron chi connectivity index (χ1n) is 9.96. The number of aliphatic hydroxyl groups is 1. The summed E-state index contributed by atoms with van der Waals surface area (Å²) in [5.74, 6) is 0.758. The van der Waals surface area contributed by atoms with Gasteiger partial charge in [-0.3, -0.25) is 10.1 Å². The third-order valence-electron chi connectivity index (χ3n) is 4.99. The van der Waals surface area contributed by atoms with Gasteiger partial charge in [0.2, 0.25) is 0 Å². The molecule has 0 saturated heterocycles. The number of rotatable bonds is 7. The Morgan fingerprint density at radius 2 is 1.88 bits per heavy atom. The number of benzene rings is 2. The van der Waals surface area contributed by atoms with E-state index in [1.807, 2.05) is 0 Å². The van der Waals surface area contributed by atoms with Gasteiger partial charge in [-0.2, -0.15) is 0 Å². The van der Waals surface area contributed by atoms with Gasteiger partial charge < -0.3 is 14.6 Å². The Balaban J connectivity index is 1.60. The number of aliphatic hydroxyl groups excluding tert-OH is 1. The minimum Gasteiger partial charge on any atom is -0.488 e. The molecule has 1 aliphatic carbocycles. The van der Waals surface area contributed by atoms with E-state index in [9.17, 15) is 18.3 Å². The highest BCUT2D eigenvalue weighted by molar-refractivity contribution is 7.90. The molecule has 0 aliphatic heterocycles. The maximum Gasteiger partial charge on any atom is 0.257 e. The van der Waals surface area contributed by atoms with Crippen molar-refractivity contribution in [3.05, 3.63) is 59.6 Å². The second-order valence-electron chi connectivity index (χ2n) is 7.48. The third-order valence-corrected chi connectivity index (χ3v) is 6.80. The van der Waals surface area contributed by atoms with Crippen molar-refractivity contribution in [1.82, 2.24) is 4.98 Å². The maximum atomic E-state index is 12.8. The van der Waals surface area contributed by atoms with Gasteiger partial charge in [-0.25, -0.2) is 13.4 Å². The quantitative estimate of drug-likeness (QED) is 0.534. The van der Waals surface area contributed by atoms with Crippen LogP contribution < -0.4 is 14.8 Å². The summed E-state index contributed by atoms with van der Waals surface area (Å²) in [5.41, 5.74) is 0.299. The highest BCUT2D eigenvalue weighted by Gasteiger charge is 2.27. The fourth-order valence-corrected chi connectivity index (χ4v) is 4.55. The number of hydrogen-bond acceptors (Lipinski definition) is 8. The monoisotopic (exact) mass is 474 g/mol. The molecule has 32 heavy (non-hydrogen) atoms. The lowest BCUT2D eigenvalue weighted by molar-refractivity contribution is 0.0602. The van der Waals surface area contributed by atoms with E-state index in [0.29, 0.717) is 34.4 Å². The Labute approximate surface area is 189 Å². The van der Waals surface area contributed by atoms with Gasteiger partial charge in [-0.1, -0.05) is 0 Å². The van der Waals surface area contributed by atoms with Crippen LogP contribution in [0.4, 0.5) is 5.13 Å². The number of sulfone groups is 1. The Morgan fingerprint density at radius 3 is 2.50 bits per heavy atom. The number of ether oxygens (including phenoxy) is 2. The molecule has 1 amide bonds. The smallest absolute Gasteiger partial charge is 0.257 e. The van der Waals surface area contributed by atoms with Gasteiger partial charge in [-0.05, 0) is 55.7 Å². The molecule has 4 rings (SSSR count). The van der Waals surface area contributed by atoms with Crippen LogP contribution in [-0.2, 0) is 9.84 Å². The average molecular weight is 475 g/mol. The van der Waals surface area contributed by atoms with Gasteiger partial charge in [0.05, 0.1) is 11.0 Å². The largest absolute Gasteiger partial charge is 0.488 e. The van der Waals surface area contributed by atoms with Gasteiger partial charge in [0.1, 0.15) is 23.4 Å². The number of carbonyl (C=O) groups excluding carboxylic acids is 1. The molecule has 3 aromatic rings. The molecule has 1 fully saturated rings. The van der Waals surface area contributed by atoms with Gasteiger partial charge in [-0.15, -0.1) is 11.3 Å². The van der Waals surface area contributed by atoms with Crippen molar-refractivity contribution in [3.8, 4) is 17.2 Å². The summed E-state index contributed by atoms with van der Waals surface area (Å²) < 4.78 is 35.2. The van der Waals surface area contributed by atoms with Crippen LogP contribution in [-0.4, -0.2) is 42.9 Å². The molecule has 0 unspecified atom stereocenters. The summed E-state index contributed by atoms with van der Waals surface area (Å²) in [7, 11) is -3.32. The van der Waals surface area contributed by atoms with Crippen LogP contribution in [0.1, 0.15) is 29.6 Å². The molecule has 0 spiro atoms. The number of nitrogens with zero attached hydrogens (tertiary/aromatic N) is 1. The first-order valence-corrected chi connectivity index (χ1v) is 12.7. The summed E-state index contributed by atoms with van der Waals surface area (Å²) >= 11 is 1.30. The predicted octanol–water partition coefficient (Wildman–Crippen LogP) is 3.88. The minimum atomic E-state index is -3.32. The molecule has 2 atom stereocenters. The molecule has 0 radical (unpaired) electrons. The normalized spacial score (nSPS) is 18.3. The zero-order valence-corrected chi connectivity index (χ0v) is 18.9. The Hall–Kier alpha value is -2.95. The second-order valence-corrected chi connectivity index (χ2v) is 10.4. The molecule has 0 bridgehead atoms. The SMILES string of the molecule is CS(=O)(=O)c1ccc(Oc2cc(O[C@H]3CCC[C@H]3O)cc(C(=O)Nc3nccs3)c2)cc1. The number of anilines is 1. The fourth-order valence-electron chi connectivity index (χ4n) is 3.39. The molecule has 8 nitrogen and oxygen atoms in total. The van der Waals surface area contributed by atoms with Crippen molar-refractivity contribution in [2.24, 2.45) is 0 Å². The van der Waals surface area contributed by atoms with Crippen LogP contribution in [0.15, 0.2) is 58.9 Å². The van der Waals surface area contributed by atoms with E-state index in [4.69, 9.17) is 9.47 Å². The number of aromatic nitrogens is 1. The highest BCUT2D eigenvalue weighted by atomic mass is 32.2. The molecular weight excluding hydrogens is 452 g/mol. The lowest BCUT2D eigenvalue weighted by Crippen LogP contribution is -2.25. The number of hydrogen-bond donors (Lipinski definition) is 2. The van der Waals surface area contributed by atoms with Gasteiger partial charge in [0, 0.05) is 29.5 Å². The predicted molar refractivity (Wildman–Crippen MR) is 120 cm³/mol. The number of nitrogens with one attached hydrogen (secondary N) is 1. The van der Waals surface area contributed by atoms with E-state index in [0.717, 1.165) is 19.1 Å². The van der Waals surface area contributed by atoms with Crippen LogP contribution in [0.2, 0.25) is 0 Å². The van der Waals surface area contributed by atoms with Crippen molar-refractivity contribution in [1.29, 1.82) is 0 Å². The summed E-state index contributed by atoms with van der Waals surface area (Å²) in [6, 6.07) is 10.8. The van der Waals surface area contributed by atoms with Crippen LogP contribution in [0.25, 0.3) is 0 Å². The summed E-state index contributed by atoms with van der Waals surface area (Å²) in [6.45, 7) is 0. The van der Waals surface area contributed by atoms with E-state index in [-0.39, 0.29) is 16.9 Å². The lowest BCUT2D eigenvalue weighted by atomic mass is 10.1. The Bertz CT molecular complexity index is 1190. The van der Waals surface area contributed by atoms with E-state index >= 15 is 0 Å². The first-order chi connectivity index (χ1) is 15.3. The van der Waals surface area contributed by atoms with E-state index in [2.05, 4.69) is 10.3 Å². The zero-order valence-electron chi connectivity index (χ0n) is 17.2. The van der Waals surface area contributed by atoms with Crippen molar-refractivity contribution in [2.45, 2.75) is 36.4 Å². The number of amides is 1. The van der Waals surface area contributed by atoms with E-state index in [1.54, 1.807) is 41.9 Å². The molecule has 168 valence electrons. The zero-order chi connectivity index (χ0) is 22.7. The Morgan fingerprint density at radius 1 is 1.12 bits per heavy atom.